The highest BCUT2D eigenvalue weighted by Crippen LogP contribution is 2.11. The van der Waals surface area contributed by atoms with Crippen molar-refractivity contribution in [3.63, 3.8) is 0 Å². The van der Waals surface area contributed by atoms with Gasteiger partial charge < -0.3 is 15.7 Å². The summed E-state index contributed by atoms with van der Waals surface area (Å²) in [5, 5.41) is 14.2. The van der Waals surface area contributed by atoms with Crippen molar-refractivity contribution in [1.82, 2.24) is 5.32 Å². The van der Waals surface area contributed by atoms with Gasteiger partial charge in [0, 0.05) is 12.2 Å². The second-order valence-corrected chi connectivity index (χ2v) is 4.71. The van der Waals surface area contributed by atoms with Crippen molar-refractivity contribution in [3.8, 4) is 0 Å². The topological polar surface area (TPSA) is 78.4 Å². The van der Waals surface area contributed by atoms with Gasteiger partial charge >= 0.3 is 12.0 Å². The highest BCUT2D eigenvalue weighted by molar-refractivity contribution is 5.89. The lowest BCUT2D eigenvalue weighted by atomic mass is 10.1. The standard InChI is InChI=1S/C15H22N2O3/c1-2-3-4-5-9-16-15(20)17-13-8-6-7-12(10-13)11-14(18)19/h6-8,10H,2-5,9,11H2,1H3,(H,18,19)(H2,16,17,20). The third-order valence-electron chi connectivity index (χ3n) is 2.86. The summed E-state index contributed by atoms with van der Waals surface area (Å²) in [4.78, 5) is 22.3. The van der Waals surface area contributed by atoms with Gasteiger partial charge in [0.25, 0.3) is 0 Å². The Kier molecular flexibility index (Phi) is 7.17. The molecule has 0 aromatic heterocycles. The molecule has 0 aliphatic carbocycles. The second-order valence-electron chi connectivity index (χ2n) is 4.71. The Morgan fingerprint density at radius 1 is 1.20 bits per heavy atom. The number of nitrogens with one attached hydrogen (secondary N) is 2. The third-order valence-corrected chi connectivity index (χ3v) is 2.86. The number of hydrogen-bond donors (Lipinski definition) is 3. The molecule has 20 heavy (non-hydrogen) atoms. The minimum Gasteiger partial charge on any atom is -0.481 e. The number of carboxylic acid groups (broad SMARTS) is 1. The molecular formula is C15H22N2O3. The molecule has 2 amide bonds. The van der Waals surface area contributed by atoms with E-state index in [0.717, 1.165) is 12.8 Å². The molecule has 0 saturated carbocycles. The van der Waals surface area contributed by atoms with Gasteiger partial charge in [-0.05, 0) is 24.1 Å². The van der Waals surface area contributed by atoms with E-state index in [1.807, 2.05) is 0 Å². The molecule has 110 valence electrons. The summed E-state index contributed by atoms with van der Waals surface area (Å²) in [5.74, 6) is -0.887. The van der Waals surface area contributed by atoms with E-state index in [2.05, 4.69) is 17.6 Å². The Bertz CT molecular complexity index is 446. The maximum absolute atomic E-state index is 11.6. The van der Waals surface area contributed by atoms with Crippen molar-refractivity contribution >= 4 is 17.7 Å². The molecule has 1 rings (SSSR count). The number of amides is 2. The fourth-order valence-corrected chi connectivity index (χ4v) is 1.86. The summed E-state index contributed by atoms with van der Waals surface area (Å²) in [5.41, 5.74) is 1.27. The Morgan fingerprint density at radius 3 is 2.70 bits per heavy atom. The van der Waals surface area contributed by atoms with E-state index in [1.54, 1.807) is 24.3 Å². The maximum atomic E-state index is 11.6. The van der Waals surface area contributed by atoms with Crippen LogP contribution in [-0.2, 0) is 11.2 Å². The number of anilines is 1. The van der Waals surface area contributed by atoms with E-state index in [-0.39, 0.29) is 12.5 Å². The zero-order valence-corrected chi connectivity index (χ0v) is 11.8. The quantitative estimate of drug-likeness (QED) is 0.640. The van der Waals surface area contributed by atoms with Crippen LogP contribution in [0, 0.1) is 0 Å². The van der Waals surface area contributed by atoms with E-state index in [1.165, 1.54) is 12.8 Å². The fraction of sp³-hybridized carbons (Fsp3) is 0.467. The van der Waals surface area contributed by atoms with E-state index < -0.39 is 5.97 Å². The number of carboxylic acids is 1. The van der Waals surface area contributed by atoms with Gasteiger partial charge in [0.2, 0.25) is 0 Å². The van der Waals surface area contributed by atoms with Crippen LogP contribution in [-0.4, -0.2) is 23.7 Å². The number of aliphatic carboxylic acids is 1. The normalized spacial score (nSPS) is 10.1. The van der Waals surface area contributed by atoms with Crippen LogP contribution in [0.1, 0.15) is 38.2 Å². The number of unbranched alkanes of at least 4 members (excludes halogenated alkanes) is 3. The number of urea groups is 1. The first-order valence-corrected chi connectivity index (χ1v) is 6.97. The molecule has 0 spiro atoms. The maximum Gasteiger partial charge on any atom is 0.319 e. The van der Waals surface area contributed by atoms with Crippen LogP contribution < -0.4 is 10.6 Å². The lowest BCUT2D eigenvalue weighted by molar-refractivity contribution is -0.136. The van der Waals surface area contributed by atoms with E-state index >= 15 is 0 Å². The van der Waals surface area contributed by atoms with Crippen molar-refractivity contribution in [1.29, 1.82) is 0 Å². The molecule has 0 saturated heterocycles. The number of rotatable bonds is 8. The zero-order valence-electron chi connectivity index (χ0n) is 11.8. The SMILES string of the molecule is CCCCCCNC(=O)Nc1cccc(CC(=O)O)c1. The molecule has 0 radical (unpaired) electrons. The first kappa shape index (κ1) is 16.0. The smallest absolute Gasteiger partial charge is 0.319 e. The number of hydrogen-bond acceptors (Lipinski definition) is 2. The Balaban J connectivity index is 2.36. The minimum absolute atomic E-state index is 0.0475. The molecule has 0 aliphatic heterocycles. The molecule has 0 unspecified atom stereocenters. The molecular weight excluding hydrogens is 256 g/mol. The van der Waals surface area contributed by atoms with Crippen molar-refractivity contribution in [2.24, 2.45) is 0 Å². The predicted octanol–water partition coefficient (Wildman–Crippen LogP) is 3.02. The van der Waals surface area contributed by atoms with Crippen LogP contribution >= 0.6 is 0 Å². The van der Waals surface area contributed by atoms with Crippen LogP contribution in [0.2, 0.25) is 0 Å². The van der Waals surface area contributed by atoms with Crippen molar-refractivity contribution in [3.05, 3.63) is 29.8 Å². The Hall–Kier alpha value is -2.04. The number of benzene rings is 1. The molecule has 0 atom stereocenters. The lowest BCUT2D eigenvalue weighted by Crippen LogP contribution is -2.29. The van der Waals surface area contributed by atoms with Crippen molar-refractivity contribution in [2.45, 2.75) is 39.0 Å². The van der Waals surface area contributed by atoms with Crippen LogP contribution in [0.25, 0.3) is 0 Å². The molecule has 0 aliphatic rings. The third kappa shape index (κ3) is 6.78. The van der Waals surface area contributed by atoms with Gasteiger partial charge in [-0.1, -0.05) is 38.3 Å². The summed E-state index contributed by atoms with van der Waals surface area (Å²) in [7, 11) is 0. The van der Waals surface area contributed by atoms with Gasteiger partial charge in [-0.25, -0.2) is 4.79 Å². The molecule has 5 nitrogen and oxygen atoms in total. The highest BCUT2D eigenvalue weighted by atomic mass is 16.4. The average Bonchev–Trinajstić information content (AvgIpc) is 2.38. The average molecular weight is 278 g/mol. The predicted molar refractivity (Wildman–Crippen MR) is 78.9 cm³/mol. The van der Waals surface area contributed by atoms with Gasteiger partial charge in [-0.3, -0.25) is 4.79 Å². The first-order valence-electron chi connectivity index (χ1n) is 6.97. The molecule has 0 bridgehead atoms. The van der Waals surface area contributed by atoms with E-state index in [4.69, 9.17) is 5.11 Å². The van der Waals surface area contributed by atoms with Gasteiger partial charge in [0.15, 0.2) is 0 Å². The van der Waals surface area contributed by atoms with Gasteiger partial charge in [-0.2, -0.15) is 0 Å². The fourth-order valence-electron chi connectivity index (χ4n) is 1.86. The van der Waals surface area contributed by atoms with Crippen LogP contribution in [0.3, 0.4) is 0 Å². The first-order chi connectivity index (χ1) is 9.61. The summed E-state index contributed by atoms with van der Waals surface area (Å²) >= 11 is 0. The van der Waals surface area contributed by atoms with E-state index in [0.29, 0.717) is 17.8 Å². The molecule has 3 N–H and O–H groups in total. The summed E-state index contributed by atoms with van der Waals surface area (Å²) in [6.45, 7) is 2.80. The lowest BCUT2D eigenvalue weighted by Gasteiger charge is -2.08. The molecule has 1 aromatic carbocycles. The Morgan fingerprint density at radius 2 is 2.00 bits per heavy atom. The van der Waals surface area contributed by atoms with Crippen molar-refractivity contribution < 1.29 is 14.7 Å². The summed E-state index contributed by atoms with van der Waals surface area (Å²) < 4.78 is 0. The zero-order chi connectivity index (χ0) is 14.8. The summed E-state index contributed by atoms with van der Waals surface area (Å²) in [6, 6.07) is 6.61. The molecule has 0 fully saturated rings. The Labute approximate surface area is 119 Å². The van der Waals surface area contributed by atoms with Gasteiger partial charge in [0.05, 0.1) is 6.42 Å². The van der Waals surface area contributed by atoms with Crippen LogP contribution in [0.5, 0.6) is 0 Å². The van der Waals surface area contributed by atoms with Crippen molar-refractivity contribution in [2.75, 3.05) is 11.9 Å². The highest BCUT2D eigenvalue weighted by Gasteiger charge is 2.04. The monoisotopic (exact) mass is 278 g/mol. The summed E-state index contributed by atoms with van der Waals surface area (Å²) in [6.07, 6.45) is 4.39. The molecule has 5 heteroatoms. The van der Waals surface area contributed by atoms with E-state index in [9.17, 15) is 9.59 Å². The number of carbonyl (C=O) groups excluding carboxylic acids is 1. The minimum atomic E-state index is -0.887. The molecule has 1 aromatic rings. The largest absolute Gasteiger partial charge is 0.481 e. The van der Waals surface area contributed by atoms with Gasteiger partial charge in [-0.15, -0.1) is 0 Å². The second kappa shape index (κ2) is 8.96. The van der Waals surface area contributed by atoms with Gasteiger partial charge in [0.1, 0.15) is 0 Å². The van der Waals surface area contributed by atoms with Crippen LogP contribution in [0.4, 0.5) is 10.5 Å². The number of carbonyl (C=O) groups is 2. The molecule has 0 heterocycles. The van der Waals surface area contributed by atoms with Crippen LogP contribution in [0.15, 0.2) is 24.3 Å².